The van der Waals surface area contributed by atoms with E-state index in [0.29, 0.717) is 29.7 Å². The molecule has 5 nitrogen and oxygen atoms in total. The molecule has 0 fully saturated rings. The monoisotopic (exact) mass is 428 g/mol. The van der Waals surface area contributed by atoms with Crippen LogP contribution in [0.5, 0.6) is 0 Å². The number of H-pyrrole nitrogens is 1. The van der Waals surface area contributed by atoms with E-state index in [0.717, 1.165) is 22.8 Å². The van der Waals surface area contributed by atoms with Gasteiger partial charge in [0.1, 0.15) is 5.82 Å². The number of imidazole rings is 1. The lowest BCUT2D eigenvalue weighted by Crippen LogP contribution is -2.03. The van der Waals surface area contributed by atoms with Crippen molar-refractivity contribution in [3.8, 4) is 6.07 Å². The zero-order valence-corrected chi connectivity index (χ0v) is 17.5. The lowest BCUT2D eigenvalue weighted by atomic mass is 10.0. The molecule has 4 aromatic rings. The number of anilines is 1. The van der Waals surface area contributed by atoms with Crippen LogP contribution in [0, 0.1) is 11.3 Å². The average Bonchev–Trinajstić information content (AvgIpc) is 3.26. The molecule has 0 radical (unpaired) electrons. The molecule has 0 amide bonds. The number of hydrogen-bond acceptors (Lipinski definition) is 4. The van der Waals surface area contributed by atoms with E-state index in [4.69, 9.17) is 5.26 Å². The molecule has 0 aliphatic carbocycles. The van der Waals surface area contributed by atoms with Crippen LogP contribution >= 0.6 is 12.4 Å². The molecular formula is C25H21ClN4O. The van der Waals surface area contributed by atoms with Gasteiger partial charge in [-0.3, -0.25) is 4.79 Å². The van der Waals surface area contributed by atoms with Gasteiger partial charge in [0.05, 0.1) is 30.1 Å². The van der Waals surface area contributed by atoms with Crippen LogP contribution in [-0.2, 0) is 13.0 Å². The van der Waals surface area contributed by atoms with Crippen LogP contribution in [0.4, 0.5) is 5.69 Å². The van der Waals surface area contributed by atoms with Crippen molar-refractivity contribution in [2.45, 2.75) is 13.0 Å². The summed E-state index contributed by atoms with van der Waals surface area (Å²) in [5.41, 5.74) is 5.01. The lowest BCUT2D eigenvalue weighted by molar-refractivity contribution is 0.103. The second kappa shape index (κ2) is 10.2. The van der Waals surface area contributed by atoms with Gasteiger partial charge in [-0.05, 0) is 42.0 Å². The molecule has 0 aliphatic heterocycles. The van der Waals surface area contributed by atoms with E-state index in [1.807, 2.05) is 85.1 Å². The minimum atomic E-state index is 0. The Labute approximate surface area is 187 Å². The number of nitrogens with zero attached hydrogens (tertiary/aromatic N) is 2. The van der Waals surface area contributed by atoms with E-state index in [1.54, 1.807) is 0 Å². The van der Waals surface area contributed by atoms with Gasteiger partial charge in [-0.15, -0.1) is 12.4 Å². The van der Waals surface area contributed by atoms with Crippen LogP contribution in [-0.4, -0.2) is 15.8 Å². The van der Waals surface area contributed by atoms with Gasteiger partial charge in [-0.2, -0.15) is 5.26 Å². The van der Waals surface area contributed by atoms with E-state index < -0.39 is 0 Å². The van der Waals surface area contributed by atoms with Gasteiger partial charge in [0.15, 0.2) is 5.78 Å². The van der Waals surface area contributed by atoms with Crippen molar-refractivity contribution >= 4 is 23.9 Å². The van der Waals surface area contributed by atoms with Crippen LogP contribution in [0.2, 0.25) is 0 Å². The van der Waals surface area contributed by atoms with Gasteiger partial charge >= 0.3 is 0 Å². The van der Waals surface area contributed by atoms with Gasteiger partial charge < -0.3 is 10.3 Å². The van der Waals surface area contributed by atoms with Gasteiger partial charge in [0.2, 0.25) is 0 Å². The Kier molecular flexibility index (Phi) is 7.21. The standard InChI is InChI=1S/C25H20N4O.ClH/c26-15-19-8-6-18(7-9-19)14-24-28-17-23(29-24)16-27-22-12-10-21(11-13-22)25(30)20-4-2-1-3-5-20;/h1-13,17,27H,14,16H2,(H,28,29);1H. The van der Waals surface area contributed by atoms with Crippen LogP contribution in [0.15, 0.2) is 85.1 Å². The van der Waals surface area contributed by atoms with Crippen molar-refractivity contribution in [2.24, 2.45) is 0 Å². The third-order valence-corrected chi connectivity index (χ3v) is 4.80. The SMILES string of the molecule is Cl.N#Cc1ccc(Cc2ncc(CNc3ccc(C(=O)c4ccccc4)cc3)[nH]2)cc1. The van der Waals surface area contributed by atoms with E-state index >= 15 is 0 Å². The van der Waals surface area contributed by atoms with E-state index in [2.05, 4.69) is 21.4 Å². The second-order valence-electron chi connectivity index (χ2n) is 6.97. The quantitative estimate of drug-likeness (QED) is 0.399. The molecule has 0 saturated heterocycles. The van der Waals surface area contributed by atoms with Crippen molar-refractivity contribution in [1.82, 2.24) is 9.97 Å². The zero-order valence-electron chi connectivity index (χ0n) is 16.7. The smallest absolute Gasteiger partial charge is 0.193 e. The second-order valence-corrected chi connectivity index (χ2v) is 6.97. The maximum absolute atomic E-state index is 12.5. The number of nitrogens with one attached hydrogen (secondary N) is 2. The first-order chi connectivity index (χ1) is 14.7. The Bertz CT molecular complexity index is 1180. The number of carbonyl (C=O) groups is 1. The highest BCUT2D eigenvalue weighted by molar-refractivity contribution is 6.09. The largest absolute Gasteiger partial charge is 0.379 e. The Morgan fingerprint density at radius 1 is 0.935 bits per heavy atom. The summed E-state index contributed by atoms with van der Waals surface area (Å²) in [6, 6.07) is 26.4. The fraction of sp³-hybridized carbons (Fsp3) is 0.0800. The number of rotatable bonds is 7. The number of benzene rings is 3. The van der Waals surface area contributed by atoms with Crippen molar-refractivity contribution in [1.29, 1.82) is 5.26 Å². The van der Waals surface area contributed by atoms with Gasteiger partial charge in [-0.1, -0.05) is 42.5 Å². The number of aromatic nitrogens is 2. The van der Waals surface area contributed by atoms with Crippen LogP contribution in [0.1, 0.15) is 38.6 Å². The summed E-state index contributed by atoms with van der Waals surface area (Å²) in [5.74, 6) is 0.892. The summed E-state index contributed by atoms with van der Waals surface area (Å²) >= 11 is 0. The zero-order chi connectivity index (χ0) is 20.8. The maximum atomic E-state index is 12.5. The van der Waals surface area contributed by atoms with Crippen LogP contribution in [0.3, 0.4) is 0 Å². The molecule has 1 aromatic heterocycles. The van der Waals surface area contributed by atoms with E-state index in [-0.39, 0.29) is 18.2 Å². The summed E-state index contributed by atoms with van der Waals surface area (Å²) in [6.45, 7) is 0.604. The normalized spacial score (nSPS) is 10.0. The predicted octanol–water partition coefficient (Wildman–Crippen LogP) is 5.14. The summed E-state index contributed by atoms with van der Waals surface area (Å²) in [5, 5.41) is 12.2. The van der Waals surface area contributed by atoms with Crippen molar-refractivity contribution in [2.75, 3.05) is 5.32 Å². The first-order valence-electron chi connectivity index (χ1n) is 9.67. The Morgan fingerprint density at radius 2 is 1.61 bits per heavy atom. The fourth-order valence-corrected chi connectivity index (χ4v) is 3.17. The van der Waals surface area contributed by atoms with Gasteiger partial charge in [0, 0.05) is 23.2 Å². The third kappa shape index (κ3) is 5.59. The Balaban J connectivity index is 0.00000272. The average molecular weight is 429 g/mol. The number of nitriles is 1. The predicted molar refractivity (Wildman–Crippen MR) is 123 cm³/mol. The number of hydrogen-bond donors (Lipinski definition) is 2. The number of ketones is 1. The van der Waals surface area contributed by atoms with Crippen LogP contribution in [0.25, 0.3) is 0 Å². The molecule has 0 bridgehead atoms. The molecule has 6 heteroatoms. The first-order valence-corrected chi connectivity index (χ1v) is 9.67. The molecule has 0 unspecified atom stereocenters. The molecule has 4 rings (SSSR count). The molecule has 3 aromatic carbocycles. The molecule has 31 heavy (non-hydrogen) atoms. The van der Waals surface area contributed by atoms with Crippen LogP contribution < -0.4 is 5.32 Å². The number of carbonyl (C=O) groups excluding carboxylic acids is 1. The van der Waals surface area contributed by atoms with E-state index in [9.17, 15) is 4.79 Å². The highest BCUT2D eigenvalue weighted by Gasteiger charge is 2.08. The summed E-state index contributed by atoms with van der Waals surface area (Å²) in [7, 11) is 0. The van der Waals surface area contributed by atoms with Gasteiger partial charge in [0.25, 0.3) is 0 Å². The molecular weight excluding hydrogens is 408 g/mol. The summed E-state index contributed by atoms with van der Waals surface area (Å²) < 4.78 is 0. The molecule has 1 heterocycles. The molecule has 0 atom stereocenters. The minimum absolute atomic E-state index is 0. The Morgan fingerprint density at radius 3 is 2.29 bits per heavy atom. The maximum Gasteiger partial charge on any atom is 0.193 e. The topological polar surface area (TPSA) is 81.6 Å². The van der Waals surface area contributed by atoms with Crippen molar-refractivity contribution < 1.29 is 4.79 Å². The highest BCUT2D eigenvalue weighted by Crippen LogP contribution is 2.15. The number of halogens is 1. The van der Waals surface area contributed by atoms with Crippen molar-refractivity contribution in [3.05, 3.63) is 119 Å². The molecule has 154 valence electrons. The highest BCUT2D eigenvalue weighted by atomic mass is 35.5. The fourth-order valence-electron chi connectivity index (χ4n) is 3.17. The molecule has 0 aliphatic rings. The minimum Gasteiger partial charge on any atom is -0.379 e. The first kappa shape index (κ1) is 21.8. The summed E-state index contributed by atoms with van der Waals surface area (Å²) in [6.07, 6.45) is 2.50. The lowest BCUT2D eigenvalue weighted by Gasteiger charge is -2.06. The number of aromatic amines is 1. The molecule has 2 N–H and O–H groups in total. The molecule has 0 spiro atoms. The molecule has 0 saturated carbocycles. The van der Waals surface area contributed by atoms with E-state index in [1.165, 1.54) is 0 Å². The van der Waals surface area contributed by atoms with Crippen molar-refractivity contribution in [3.63, 3.8) is 0 Å². The summed E-state index contributed by atoms with van der Waals surface area (Å²) in [4.78, 5) is 20.2. The Hall–Kier alpha value is -3.88. The third-order valence-electron chi connectivity index (χ3n) is 4.80. The van der Waals surface area contributed by atoms with Gasteiger partial charge in [-0.25, -0.2) is 4.98 Å².